The quantitative estimate of drug-likeness (QED) is 0.856. The lowest BCUT2D eigenvalue weighted by Gasteiger charge is -2.08. The normalized spacial score (nSPS) is 12.3. The fourth-order valence-electron chi connectivity index (χ4n) is 2.02. The highest BCUT2D eigenvalue weighted by Crippen LogP contribution is 2.29. The molecule has 0 amide bonds. The molecule has 0 fully saturated rings. The molecule has 1 unspecified atom stereocenters. The van der Waals surface area contributed by atoms with Crippen LogP contribution in [0.2, 0.25) is 0 Å². The zero-order chi connectivity index (χ0) is 15.4. The largest absolute Gasteiger partial charge is 0.481 e. The second-order valence-corrected chi connectivity index (χ2v) is 5.90. The molecule has 1 heterocycles. The van der Waals surface area contributed by atoms with E-state index in [4.69, 9.17) is 5.11 Å². The van der Waals surface area contributed by atoms with Gasteiger partial charge in [0.15, 0.2) is 0 Å². The minimum absolute atomic E-state index is 0.419. The number of unbranched alkanes of at least 4 members (excludes halogenated alkanes) is 1. The van der Waals surface area contributed by atoms with Crippen LogP contribution in [0.5, 0.6) is 0 Å². The lowest BCUT2D eigenvalue weighted by molar-refractivity contribution is -0.138. The predicted molar refractivity (Wildman–Crippen MR) is 82.2 cm³/mol. The smallest absolute Gasteiger partial charge is 0.310 e. The summed E-state index contributed by atoms with van der Waals surface area (Å²) in [6.45, 7) is 3.66. The van der Waals surface area contributed by atoms with E-state index in [1.165, 1.54) is 17.4 Å². The molecule has 1 atom stereocenters. The predicted octanol–water partition coefficient (Wildman–Crippen LogP) is 4.48. The zero-order valence-corrected chi connectivity index (χ0v) is 12.9. The van der Waals surface area contributed by atoms with Gasteiger partial charge >= 0.3 is 5.97 Å². The van der Waals surface area contributed by atoms with Crippen LogP contribution in [0.3, 0.4) is 0 Å². The topological polar surface area (TPSA) is 50.2 Å². The van der Waals surface area contributed by atoms with Gasteiger partial charge in [-0.05, 0) is 37.5 Å². The van der Waals surface area contributed by atoms with Crippen molar-refractivity contribution in [1.29, 1.82) is 0 Å². The van der Waals surface area contributed by atoms with Crippen LogP contribution >= 0.6 is 11.3 Å². The molecule has 0 saturated carbocycles. The van der Waals surface area contributed by atoms with Gasteiger partial charge in [0.25, 0.3) is 0 Å². The van der Waals surface area contributed by atoms with Gasteiger partial charge in [0.2, 0.25) is 0 Å². The summed E-state index contributed by atoms with van der Waals surface area (Å²) >= 11 is 1.42. The number of hydrogen-bond acceptors (Lipinski definition) is 3. The Labute approximate surface area is 127 Å². The van der Waals surface area contributed by atoms with Crippen molar-refractivity contribution in [1.82, 2.24) is 4.98 Å². The van der Waals surface area contributed by atoms with Crippen molar-refractivity contribution in [3.05, 3.63) is 40.7 Å². The molecule has 0 aliphatic heterocycles. The minimum Gasteiger partial charge on any atom is -0.481 e. The zero-order valence-electron chi connectivity index (χ0n) is 12.1. The molecule has 3 nitrogen and oxygen atoms in total. The lowest BCUT2D eigenvalue weighted by atomic mass is 10.00. The average Bonchev–Trinajstić information content (AvgIpc) is 2.92. The van der Waals surface area contributed by atoms with E-state index in [2.05, 4.69) is 11.9 Å². The monoisotopic (exact) mass is 307 g/mol. The molecule has 0 saturated heterocycles. The SMILES string of the molecule is CCCCc1csc(-c2ccc(C(C)C(=O)O)cc2F)n1. The summed E-state index contributed by atoms with van der Waals surface area (Å²) < 4.78 is 14.2. The second-order valence-electron chi connectivity index (χ2n) is 5.05. The van der Waals surface area contributed by atoms with Gasteiger partial charge in [-0.15, -0.1) is 11.3 Å². The molecule has 2 aromatic rings. The van der Waals surface area contributed by atoms with Gasteiger partial charge in [0.1, 0.15) is 10.8 Å². The summed E-state index contributed by atoms with van der Waals surface area (Å²) in [5.41, 5.74) is 1.88. The maximum absolute atomic E-state index is 14.2. The maximum atomic E-state index is 14.2. The molecule has 2 rings (SSSR count). The van der Waals surface area contributed by atoms with Crippen molar-refractivity contribution in [2.75, 3.05) is 0 Å². The number of hydrogen-bond donors (Lipinski definition) is 1. The summed E-state index contributed by atoms with van der Waals surface area (Å²) in [6, 6.07) is 4.57. The van der Waals surface area contributed by atoms with E-state index in [1.807, 2.05) is 5.38 Å². The third-order valence-corrected chi connectivity index (χ3v) is 4.36. The number of halogens is 1. The van der Waals surface area contributed by atoms with Crippen molar-refractivity contribution in [2.24, 2.45) is 0 Å². The summed E-state index contributed by atoms with van der Waals surface area (Å²) in [5, 5.41) is 11.6. The van der Waals surface area contributed by atoms with Crippen LogP contribution in [-0.4, -0.2) is 16.1 Å². The third kappa shape index (κ3) is 3.67. The van der Waals surface area contributed by atoms with E-state index in [9.17, 15) is 9.18 Å². The molecule has 1 aromatic carbocycles. The van der Waals surface area contributed by atoms with E-state index < -0.39 is 17.7 Å². The van der Waals surface area contributed by atoms with E-state index >= 15 is 0 Å². The molecule has 0 bridgehead atoms. The maximum Gasteiger partial charge on any atom is 0.310 e. The Morgan fingerprint density at radius 1 is 1.48 bits per heavy atom. The number of aromatic nitrogens is 1. The lowest BCUT2D eigenvalue weighted by Crippen LogP contribution is -2.07. The Hall–Kier alpha value is -1.75. The summed E-state index contributed by atoms with van der Waals surface area (Å²) in [4.78, 5) is 15.4. The Bertz CT molecular complexity index is 639. The van der Waals surface area contributed by atoms with Crippen LogP contribution < -0.4 is 0 Å². The Morgan fingerprint density at radius 3 is 2.86 bits per heavy atom. The van der Waals surface area contributed by atoms with Crippen LogP contribution in [0.15, 0.2) is 23.6 Å². The molecule has 1 aromatic heterocycles. The van der Waals surface area contributed by atoms with Crippen LogP contribution in [0.25, 0.3) is 10.6 Å². The van der Waals surface area contributed by atoms with Crippen molar-refractivity contribution >= 4 is 17.3 Å². The van der Waals surface area contributed by atoms with E-state index in [-0.39, 0.29) is 0 Å². The summed E-state index contributed by atoms with van der Waals surface area (Å²) in [6.07, 6.45) is 3.08. The van der Waals surface area contributed by atoms with Crippen molar-refractivity contribution in [3.63, 3.8) is 0 Å². The molecule has 0 aliphatic rings. The number of rotatable bonds is 6. The highest BCUT2D eigenvalue weighted by molar-refractivity contribution is 7.13. The molecule has 0 spiro atoms. The molecular weight excluding hydrogens is 289 g/mol. The molecule has 21 heavy (non-hydrogen) atoms. The second kappa shape index (κ2) is 6.80. The molecular formula is C16H18FNO2S. The first-order valence-electron chi connectivity index (χ1n) is 7.00. The number of carboxylic acid groups (broad SMARTS) is 1. The molecule has 0 aliphatic carbocycles. The van der Waals surface area contributed by atoms with Gasteiger partial charge in [-0.1, -0.05) is 19.4 Å². The van der Waals surface area contributed by atoms with Crippen LogP contribution in [0.4, 0.5) is 4.39 Å². The number of carboxylic acids is 1. The average molecular weight is 307 g/mol. The first kappa shape index (κ1) is 15.6. The number of benzene rings is 1. The van der Waals surface area contributed by atoms with Crippen molar-refractivity contribution in [2.45, 2.75) is 39.0 Å². The van der Waals surface area contributed by atoms with Gasteiger partial charge in [0.05, 0.1) is 11.6 Å². The van der Waals surface area contributed by atoms with Gasteiger partial charge in [0, 0.05) is 10.9 Å². The highest BCUT2D eigenvalue weighted by Gasteiger charge is 2.17. The minimum atomic E-state index is -0.960. The number of aliphatic carboxylic acids is 1. The van der Waals surface area contributed by atoms with E-state index in [0.29, 0.717) is 16.1 Å². The number of carbonyl (C=O) groups is 1. The first-order valence-corrected chi connectivity index (χ1v) is 7.88. The molecule has 112 valence electrons. The highest BCUT2D eigenvalue weighted by atomic mass is 32.1. The Kier molecular flexibility index (Phi) is 5.07. The molecule has 1 N–H and O–H groups in total. The fraction of sp³-hybridized carbons (Fsp3) is 0.375. The summed E-state index contributed by atoms with van der Waals surface area (Å²) in [5.74, 6) is -2.10. The van der Waals surface area contributed by atoms with Crippen LogP contribution in [0, 0.1) is 5.82 Å². The standard InChI is InChI=1S/C16H18FNO2S/c1-3-4-5-12-9-21-15(18-12)13-7-6-11(8-14(13)17)10(2)16(19)20/h6-10H,3-5H2,1-2H3,(H,19,20). The molecule has 0 radical (unpaired) electrons. The fourth-order valence-corrected chi connectivity index (χ4v) is 2.90. The first-order chi connectivity index (χ1) is 10.0. The number of nitrogens with zero attached hydrogens (tertiary/aromatic N) is 1. The van der Waals surface area contributed by atoms with Gasteiger partial charge in [-0.2, -0.15) is 0 Å². The molecule has 5 heteroatoms. The van der Waals surface area contributed by atoms with Crippen molar-refractivity contribution < 1.29 is 14.3 Å². The third-order valence-electron chi connectivity index (χ3n) is 3.43. The summed E-state index contributed by atoms with van der Waals surface area (Å²) in [7, 11) is 0. The van der Waals surface area contributed by atoms with Gasteiger partial charge in [-0.25, -0.2) is 9.37 Å². The van der Waals surface area contributed by atoms with Crippen LogP contribution in [0.1, 0.15) is 43.9 Å². The number of thiazole rings is 1. The van der Waals surface area contributed by atoms with Crippen molar-refractivity contribution in [3.8, 4) is 10.6 Å². The number of aryl methyl sites for hydroxylation is 1. The Balaban J connectivity index is 2.24. The van der Waals surface area contributed by atoms with Gasteiger partial charge in [-0.3, -0.25) is 4.79 Å². The van der Waals surface area contributed by atoms with Gasteiger partial charge < -0.3 is 5.11 Å². The Morgan fingerprint density at radius 2 is 2.24 bits per heavy atom. The van der Waals surface area contributed by atoms with E-state index in [0.717, 1.165) is 25.0 Å². The van der Waals surface area contributed by atoms with Crippen LogP contribution in [-0.2, 0) is 11.2 Å². The van der Waals surface area contributed by atoms with E-state index in [1.54, 1.807) is 19.1 Å².